The third-order valence-electron chi connectivity index (χ3n) is 2.69. The zero-order valence-electron chi connectivity index (χ0n) is 11.5. The number of amides is 1. The predicted octanol–water partition coefficient (Wildman–Crippen LogP) is 3.35. The SMILES string of the molecule is CC(C)CNC(=O)C(C)NCc1ccc(Cl)cc1Br. The molecular formula is C14H20BrClN2O. The van der Waals surface area contributed by atoms with E-state index in [0.29, 0.717) is 24.0 Å². The van der Waals surface area contributed by atoms with Crippen LogP contribution in [0.1, 0.15) is 26.3 Å². The van der Waals surface area contributed by atoms with Crippen molar-refractivity contribution in [2.24, 2.45) is 5.92 Å². The molecule has 1 unspecified atom stereocenters. The molecule has 0 radical (unpaired) electrons. The number of benzene rings is 1. The van der Waals surface area contributed by atoms with Crippen molar-refractivity contribution in [1.82, 2.24) is 10.6 Å². The molecule has 0 spiro atoms. The van der Waals surface area contributed by atoms with Crippen LogP contribution >= 0.6 is 27.5 Å². The van der Waals surface area contributed by atoms with Crippen LogP contribution in [0.15, 0.2) is 22.7 Å². The standard InChI is InChI=1S/C14H20BrClN2O/c1-9(2)7-18-14(19)10(3)17-8-11-4-5-12(16)6-13(11)15/h4-6,9-10,17H,7-8H2,1-3H3,(H,18,19). The molecule has 1 aromatic rings. The van der Waals surface area contributed by atoms with E-state index in [2.05, 4.69) is 40.4 Å². The lowest BCUT2D eigenvalue weighted by molar-refractivity contribution is -0.122. The predicted molar refractivity (Wildman–Crippen MR) is 83.3 cm³/mol. The van der Waals surface area contributed by atoms with Crippen LogP contribution in [0.25, 0.3) is 0 Å². The largest absolute Gasteiger partial charge is 0.354 e. The molecule has 1 atom stereocenters. The average Bonchev–Trinajstić information content (AvgIpc) is 2.34. The maximum absolute atomic E-state index is 11.8. The van der Waals surface area contributed by atoms with E-state index in [0.717, 1.165) is 10.0 Å². The van der Waals surface area contributed by atoms with Crippen molar-refractivity contribution >= 4 is 33.4 Å². The highest BCUT2D eigenvalue weighted by atomic mass is 79.9. The fraction of sp³-hybridized carbons (Fsp3) is 0.500. The third-order valence-corrected chi connectivity index (χ3v) is 3.66. The molecule has 0 aliphatic heterocycles. The zero-order chi connectivity index (χ0) is 14.4. The lowest BCUT2D eigenvalue weighted by Crippen LogP contribution is -2.43. The number of rotatable bonds is 6. The Hall–Kier alpha value is -0.580. The quantitative estimate of drug-likeness (QED) is 0.828. The fourth-order valence-electron chi connectivity index (χ4n) is 1.48. The van der Waals surface area contributed by atoms with Crippen LogP contribution in [0.3, 0.4) is 0 Å². The summed E-state index contributed by atoms with van der Waals surface area (Å²) < 4.78 is 0.947. The van der Waals surface area contributed by atoms with E-state index >= 15 is 0 Å². The summed E-state index contributed by atoms with van der Waals surface area (Å²) in [6.45, 7) is 7.33. The van der Waals surface area contributed by atoms with Crippen molar-refractivity contribution < 1.29 is 4.79 Å². The summed E-state index contributed by atoms with van der Waals surface area (Å²) in [7, 11) is 0. The van der Waals surface area contributed by atoms with Gasteiger partial charge in [0, 0.05) is 22.6 Å². The Kier molecular flexibility index (Phi) is 6.83. The minimum atomic E-state index is -0.221. The molecule has 0 saturated carbocycles. The summed E-state index contributed by atoms with van der Waals surface area (Å²) in [5.74, 6) is 0.486. The van der Waals surface area contributed by atoms with E-state index in [1.165, 1.54) is 0 Å². The van der Waals surface area contributed by atoms with Gasteiger partial charge in [-0.1, -0.05) is 47.4 Å². The average molecular weight is 348 g/mol. The van der Waals surface area contributed by atoms with Crippen molar-refractivity contribution in [3.63, 3.8) is 0 Å². The first-order valence-electron chi connectivity index (χ1n) is 6.35. The van der Waals surface area contributed by atoms with Gasteiger partial charge in [-0.25, -0.2) is 0 Å². The number of hydrogen-bond acceptors (Lipinski definition) is 2. The minimum absolute atomic E-state index is 0.0267. The Morgan fingerprint density at radius 3 is 2.63 bits per heavy atom. The topological polar surface area (TPSA) is 41.1 Å². The number of hydrogen-bond donors (Lipinski definition) is 2. The zero-order valence-corrected chi connectivity index (χ0v) is 13.8. The molecular weight excluding hydrogens is 328 g/mol. The molecule has 0 bridgehead atoms. The van der Waals surface area contributed by atoms with E-state index in [-0.39, 0.29) is 11.9 Å². The van der Waals surface area contributed by atoms with Gasteiger partial charge in [0.15, 0.2) is 0 Å². The first-order valence-corrected chi connectivity index (χ1v) is 7.52. The van der Waals surface area contributed by atoms with Crippen LogP contribution in [0.2, 0.25) is 5.02 Å². The smallest absolute Gasteiger partial charge is 0.236 e. The summed E-state index contributed by atoms with van der Waals surface area (Å²) in [5.41, 5.74) is 1.08. The van der Waals surface area contributed by atoms with E-state index < -0.39 is 0 Å². The monoisotopic (exact) mass is 346 g/mol. The van der Waals surface area contributed by atoms with Gasteiger partial charge in [0.25, 0.3) is 0 Å². The van der Waals surface area contributed by atoms with Crippen LogP contribution in [0.4, 0.5) is 0 Å². The highest BCUT2D eigenvalue weighted by molar-refractivity contribution is 9.10. The second kappa shape index (κ2) is 7.88. The molecule has 1 rings (SSSR count). The van der Waals surface area contributed by atoms with Crippen molar-refractivity contribution in [3.8, 4) is 0 Å². The van der Waals surface area contributed by atoms with Crippen LogP contribution in [-0.2, 0) is 11.3 Å². The van der Waals surface area contributed by atoms with Gasteiger partial charge in [0.2, 0.25) is 5.91 Å². The third kappa shape index (κ3) is 5.93. The van der Waals surface area contributed by atoms with Gasteiger partial charge in [-0.2, -0.15) is 0 Å². The van der Waals surface area contributed by atoms with E-state index in [4.69, 9.17) is 11.6 Å². The Bertz CT molecular complexity index is 437. The summed E-state index contributed by atoms with van der Waals surface area (Å²) in [5, 5.41) is 6.80. The van der Waals surface area contributed by atoms with Gasteiger partial charge < -0.3 is 10.6 Å². The normalized spacial score (nSPS) is 12.5. The maximum atomic E-state index is 11.8. The van der Waals surface area contributed by atoms with Crippen molar-refractivity contribution in [2.75, 3.05) is 6.54 Å². The molecule has 3 nitrogen and oxygen atoms in total. The van der Waals surface area contributed by atoms with Gasteiger partial charge in [-0.3, -0.25) is 4.79 Å². The molecule has 19 heavy (non-hydrogen) atoms. The Morgan fingerprint density at radius 1 is 1.37 bits per heavy atom. The summed E-state index contributed by atoms with van der Waals surface area (Å²) >= 11 is 9.35. The molecule has 0 aliphatic carbocycles. The minimum Gasteiger partial charge on any atom is -0.354 e. The van der Waals surface area contributed by atoms with Crippen LogP contribution in [-0.4, -0.2) is 18.5 Å². The second-order valence-electron chi connectivity index (χ2n) is 4.98. The lowest BCUT2D eigenvalue weighted by atomic mass is 10.2. The number of carbonyl (C=O) groups excluding carboxylic acids is 1. The Balaban J connectivity index is 2.45. The highest BCUT2D eigenvalue weighted by Gasteiger charge is 2.12. The highest BCUT2D eigenvalue weighted by Crippen LogP contribution is 2.21. The van der Waals surface area contributed by atoms with Gasteiger partial charge in [-0.15, -0.1) is 0 Å². The molecule has 1 amide bonds. The molecule has 0 fully saturated rings. The number of carbonyl (C=O) groups is 1. The van der Waals surface area contributed by atoms with E-state index in [9.17, 15) is 4.79 Å². The molecule has 2 N–H and O–H groups in total. The molecule has 0 aliphatic rings. The molecule has 1 aromatic carbocycles. The van der Waals surface area contributed by atoms with Gasteiger partial charge in [0.05, 0.1) is 6.04 Å². The molecule has 0 saturated heterocycles. The van der Waals surface area contributed by atoms with Gasteiger partial charge >= 0.3 is 0 Å². The van der Waals surface area contributed by atoms with Gasteiger partial charge in [-0.05, 0) is 30.5 Å². The second-order valence-corrected chi connectivity index (χ2v) is 6.27. The Morgan fingerprint density at radius 2 is 2.05 bits per heavy atom. The molecule has 106 valence electrons. The van der Waals surface area contributed by atoms with Gasteiger partial charge in [0.1, 0.15) is 0 Å². The first kappa shape index (κ1) is 16.5. The van der Waals surface area contributed by atoms with Crippen molar-refractivity contribution in [3.05, 3.63) is 33.3 Å². The number of nitrogens with one attached hydrogen (secondary N) is 2. The fourth-order valence-corrected chi connectivity index (χ4v) is 2.30. The van der Waals surface area contributed by atoms with Crippen molar-refractivity contribution in [2.45, 2.75) is 33.4 Å². The van der Waals surface area contributed by atoms with Crippen LogP contribution in [0.5, 0.6) is 0 Å². The molecule has 0 aromatic heterocycles. The summed E-state index contributed by atoms with van der Waals surface area (Å²) in [6, 6.07) is 5.41. The van der Waals surface area contributed by atoms with E-state index in [1.807, 2.05) is 25.1 Å². The summed E-state index contributed by atoms with van der Waals surface area (Å²) in [4.78, 5) is 11.8. The van der Waals surface area contributed by atoms with Crippen LogP contribution in [0, 0.1) is 5.92 Å². The summed E-state index contributed by atoms with van der Waals surface area (Å²) in [6.07, 6.45) is 0. The molecule has 5 heteroatoms. The number of halogens is 2. The lowest BCUT2D eigenvalue weighted by Gasteiger charge is -2.15. The van der Waals surface area contributed by atoms with Crippen LogP contribution < -0.4 is 10.6 Å². The maximum Gasteiger partial charge on any atom is 0.236 e. The Labute approximate surface area is 128 Å². The van der Waals surface area contributed by atoms with Crippen molar-refractivity contribution in [1.29, 1.82) is 0 Å². The first-order chi connectivity index (χ1) is 8.90. The van der Waals surface area contributed by atoms with E-state index in [1.54, 1.807) is 0 Å². The molecule has 0 heterocycles.